The van der Waals surface area contributed by atoms with E-state index in [9.17, 15) is 4.79 Å². The van der Waals surface area contributed by atoms with Crippen molar-refractivity contribution >= 4 is 5.97 Å². The fourth-order valence-corrected chi connectivity index (χ4v) is 0.874. The third-order valence-corrected chi connectivity index (χ3v) is 1.50. The first-order valence-corrected chi connectivity index (χ1v) is 3.71. The first-order valence-electron chi connectivity index (χ1n) is 3.71. The molecule has 4 nitrogen and oxygen atoms in total. The van der Waals surface area contributed by atoms with Crippen molar-refractivity contribution in [1.29, 1.82) is 0 Å². The van der Waals surface area contributed by atoms with Gasteiger partial charge in [0.05, 0.1) is 7.11 Å². The predicted molar refractivity (Wildman–Crippen MR) is 45.3 cm³/mol. The van der Waals surface area contributed by atoms with E-state index in [4.69, 9.17) is 0 Å². The Morgan fingerprint density at radius 3 is 2.58 bits per heavy atom. The molecule has 1 N–H and O–H groups in total. The highest BCUT2D eigenvalue weighted by Gasteiger charge is 2.11. The van der Waals surface area contributed by atoms with E-state index in [1.54, 1.807) is 11.6 Å². The molecule has 12 heavy (non-hydrogen) atoms. The zero-order valence-electron chi connectivity index (χ0n) is 7.15. The number of ether oxygens (including phenoxy) is 1. The van der Waals surface area contributed by atoms with Crippen LogP contribution in [-0.4, -0.2) is 23.8 Å². The minimum Gasteiger partial charge on any atom is -0.467 e. The summed E-state index contributed by atoms with van der Waals surface area (Å²) < 4.78 is 6.26. The lowest BCUT2D eigenvalue weighted by Gasteiger charge is -2.13. The largest absolute Gasteiger partial charge is 0.467 e. The number of nitrogens with zero attached hydrogens (tertiary/aromatic N) is 1. The van der Waals surface area contributed by atoms with Crippen LogP contribution in [0.4, 0.5) is 0 Å². The maximum absolute atomic E-state index is 10.9. The molecule has 66 valence electrons. The Bertz CT molecular complexity index is 244. The quantitative estimate of drug-likeness (QED) is 0.672. The van der Waals surface area contributed by atoms with Crippen molar-refractivity contribution in [3.05, 3.63) is 24.5 Å². The van der Waals surface area contributed by atoms with Gasteiger partial charge in [-0.05, 0) is 19.1 Å². The van der Waals surface area contributed by atoms with E-state index in [0.29, 0.717) is 0 Å². The average molecular weight is 168 g/mol. The SMILES string of the molecule is COC(=O)C(C)Nn1cccc1. The van der Waals surface area contributed by atoms with Gasteiger partial charge in [-0.3, -0.25) is 4.68 Å². The van der Waals surface area contributed by atoms with Gasteiger partial charge in [-0.25, -0.2) is 4.79 Å². The number of carbonyl (C=O) groups excluding carboxylic acids is 1. The normalized spacial score (nSPS) is 12.2. The molecule has 0 aliphatic heterocycles. The molecule has 1 atom stereocenters. The van der Waals surface area contributed by atoms with Crippen molar-refractivity contribution in [3.63, 3.8) is 0 Å². The molecule has 1 heterocycles. The van der Waals surface area contributed by atoms with E-state index in [-0.39, 0.29) is 12.0 Å². The second-order valence-corrected chi connectivity index (χ2v) is 2.46. The molecule has 0 aliphatic carbocycles. The summed E-state index contributed by atoms with van der Waals surface area (Å²) in [5, 5.41) is 0. The first kappa shape index (κ1) is 8.64. The van der Waals surface area contributed by atoms with Crippen LogP contribution in [0.2, 0.25) is 0 Å². The summed E-state index contributed by atoms with van der Waals surface area (Å²) in [6.45, 7) is 1.74. The van der Waals surface area contributed by atoms with E-state index in [0.717, 1.165) is 0 Å². The average Bonchev–Trinajstić information content (AvgIpc) is 2.55. The molecule has 0 fully saturated rings. The van der Waals surface area contributed by atoms with Crippen molar-refractivity contribution in [2.75, 3.05) is 12.5 Å². The molecule has 0 spiro atoms. The Kier molecular flexibility index (Phi) is 2.74. The fraction of sp³-hybridized carbons (Fsp3) is 0.375. The van der Waals surface area contributed by atoms with Crippen LogP contribution in [0.3, 0.4) is 0 Å². The number of hydrogen-bond donors (Lipinski definition) is 1. The van der Waals surface area contributed by atoms with Gasteiger partial charge in [-0.15, -0.1) is 0 Å². The molecular weight excluding hydrogens is 156 g/mol. The second-order valence-electron chi connectivity index (χ2n) is 2.46. The number of nitrogens with one attached hydrogen (secondary N) is 1. The number of carbonyl (C=O) groups is 1. The fourth-order valence-electron chi connectivity index (χ4n) is 0.874. The van der Waals surface area contributed by atoms with Crippen LogP contribution in [0.15, 0.2) is 24.5 Å². The van der Waals surface area contributed by atoms with E-state index in [2.05, 4.69) is 10.2 Å². The summed E-state index contributed by atoms with van der Waals surface area (Å²) in [5.74, 6) is -0.274. The molecule has 4 heteroatoms. The zero-order valence-corrected chi connectivity index (χ0v) is 7.15. The van der Waals surface area contributed by atoms with Gasteiger partial charge in [0, 0.05) is 12.4 Å². The van der Waals surface area contributed by atoms with Crippen LogP contribution in [-0.2, 0) is 9.53 Å². The molecular formula is C8H12N2O2. The topological polar surface area (TPSA) is 43.3 Å². The number of esters is 1. The van der Waals surface area contributed by atoms with Crippen LogP contribution in [0.1, 0.15) is 6.92 Å². The van der Waals surface area contributed by atoms with Crippen LogP contribution in [0.25, 0.3) is 0 Å². The van der Waals surface area contributed by atoms with Crippen LogP contribution in [0.5, 0.6) is 0 Å². The van der Waals surface area contributed by atoms with Crippen LogP contribution >= 0.6 is 0 Å². The van der Waals surface area contributed by atoms with Crippen molar-refractivity contribution < 1.29 is 9.53 Å². The molecule has 0 bridgehead atoms. The zero-order chi connectivity index (χ0) is 8.97. The lowest BCUT2D eigenvalue weighted by molar-refractivity contribution is -0.141. The third kappa shape index (κ3) is 2.02. The molecule has 0 saturated heterocycles. The van der Waals surface area contributed by atoms with Crippen molar-refractivity contribution in [3.8, 4) is 0 Å². The lowest BCUT2D eigenvalue weighted by Crippen LogP contribution is -2.32. The second kappa shape index (κ2) is 3.80. The highest BCUT2D eigenvalue weighted by atomic mass is 16.5. The summed E-state index contributed by atoms with van der Waals surface area (Å²) in [4.78, 5) is 10.9. The van der Waals surface area contributed by atoms with Gasteiger partial charge in [0.15, 0.2) is 0 Å². The van der Waals surface area contributed by atoms with Crippen LogP contribution < -0.4 is 5.43 Å². The number of rotatable bonds is 3. The van der Waals surface area contributed by atoms with E-state index in [1.807, 2.05) is 24.5 Å². The molecule has 1 rings (SSSR count). The number of aromatic nitrogens is 1. The van der Waals surface area contributed by atoms with Gasteiger partial charge in [-0.2, -0.15) is 0 Å². The van der Waals surface area contributed by atoms with Crippen molar-refractivity contribution in [2.24, 2.45) is 0 Å². The van der Waals surface area contributed by atoms with E-state index in [1.165, 1.54) is 7.11 Å². The minimum absolute atomic E-state index is 0.274. The number of methoxy groups -OCH3 is 1. The highest BCUT2D eigenvalue weighted by Crippen LogP contribution is 1.91. The summed E-state index contributed by atoms with van der Waals surface area (Å²) in [5.41, 5.74) is 2.91. The third-order valence-electron chi connectivity index (χ3n) is 1.50. The van der Waals surface area contributed by atoms with Crippen molar-refractivity contribution in [1.82, 2.24) is 4.68 Å². The molecule has 0 aromatic carbocycles. The van der Waals surface area contributed by atoms with E-state index < -0.39 is 0 Å². The van der Waals surface area contributed by atoms with Crippen LogP contribution in [0, 0.1) is 0 Å². The van der Waals surface area contributed by atoms with Gasteiger partial charge in [0.2, 0.25) is 0 Å². The lowest BCUT2D eigenvalue weighted by atomic mass is 10.4. The highest BCUT2D eigenvalue weighted by molar-refractivity contribution is 5.76. The maximum atomic E-state index is 10.9. The van der Waals surface area contributed by atoms with Crippen molar-refractivity contribution in [2.45, 2.75) is 13.0 Å². The standard InChI is InChI=1S/C8H12N2O2/c1-7(8(11)12-2)9-10-5-3-4-6-10/h3-7,9H,1-2H3. The minimum atomic E-state index is -0.331. The molecule has 1 unspecified atom stereocenters. The monoisotopic (exact) mass is 168 g/mol. The smallest absolute Gasteiger partial charge is 0.329 e. The molecule has 1 aromatic rings. The summed E-state index contributed by atoms with van der Waals surface area (Å²) in [7, 11) is 1.37. The molecule has 0 amide bonds. The predicted octanol–water partition coefficient (Wildman–Crippen LogP) is 0.593. The first-order chi connectivity index (χ1) is 5.74. The number of hydrogen-bond acceptors (Lipinski definition) is 3. The van der Waals surface area contributed by atoms with Gasteiger partial charge >= 0.3 is 5.97 Å². The van der Waals surface area contributed by atoms with Gasteiger partial charge in [-0.1, -0.05) is 0 Å². The molecule has 1 aromatic heterocycles. The van der Waals surface area contributed by atoms with Gasteiger partial charge in [0.1, 0.15) is 6.04 Å². The summed E-state index contributed by atoms with van der Waals surface area (Å²) in [6, 6.07) is 3.41. The Morgan fingerprint density at radius 2 is 2.08 bits per heavy atom. The molecule has 0 aliphatic rings. The Morgan fingerprint density at radius 1 is 1.50 bits per heavy atom. The maximum Gasteiger partial charge on any atom is 0.329 e. The van der Waals surface area contributed by atoms with Gasteiger partial charge < -0.3 is 10.2 Å². The summed E-state index contributed by atoms with van der Waals surface area (Å²) in [6.07, 6.45) is 3.64. The molecule has 0 saturated carbocycles. The Hall–Kier alpha value is -1.45. The Labute approximate surface area is 71.1 Å². The Balaban J connectivity index is 2.47. The molecule has 0 radical (unpaired) electrons. The van der Waals surface area contributed by atoms with Gasteiger partial charge in [0.25, 0.3) is 0 Å². The summed E-state index contributed by atoms with van der Waals surface area (Å²) >= 11 is 0. The van der Waals surface area contributed by atoms with E-state index >= 15 is 0 Å².